The van der Waals surface area contributed by atoms with E-state index in [1.807, 2.05) is 6.92 Å². The second-order valence-corrected chi connectivity index (χ2v) is 5.05. The number of fused-ring (bicyclic) bond motifs is 1. The number of carboxylic acids is 1. The third kappa shape index (κ3) is 1.79. The van der Waals surface area contributed by atoms with E-state index < -0.39 is 5.97 Å². The van der Waals surface area contributed by atoms with Crippen LogP contribution in [0.3, 0.4) is 0 Å². The zero-order chi connectivity index (χ0) is 11.8. The van der Waals surface area contributed by atoms with Gasteiger partial charge in [-0.1, -0.05) is 5.57 Å². The van der Waals surface area contributed by atoms with E-state index in [-0.39, 0.29) is 17.6 Å². The van der Waals surface area contributed by atoms with E-state index >= 15 is 0 Å². The normalized spacial score (nSPS) is 29.4. The molecule has 0 spiro atoms. The third-order valence-electron chi connectivity index (χ3n) is 4.24. The standard InChI is InChI=1S/C13H18O3/c1-9-10-3-2-6-13(10,7-4-11(9)14)8-5-12(15)16/h2-8H2,1H3,(H,15,16). The number of hydrogen-bond acceptors (Lipinski definition) is 2. The van der Waals surface area contributed by atoms with Crippen molar-refractivity contribution in [2.75, 3.05) is 0 Å². The van der Waals surface area contributed by atoms with Crippen LogP contribution in [0.4, 0.5) is 0 Å². The topological polar surface area (TPSA) is 54.4 Å². The SMILES string of the molecule is CC1=C2CCCC2(CCC(=O)O)CCC1=O. The van der Waals surface area contributed by atoms with E-state index in [1.165, 1.54) is 5.57 Å². The maximum Gasteiger partial charge on any atom is 0.303 e. The molecule has 0 radical (unpaired) electrons. The first-order valence-electron chi connectivity index (χ1n) is 6.00. The molecule has 1 fully saturated rings. The summed E-state index contributed by atoms with van der Waals surface area (Å²) >= 11 is 0. The summed E-state index contributed by atoms with van der Waals surface area (Å²) in [7, 11) is 0. The van der Waals surface area contributed by atoms with Gasteiger partial charge in [0.25, 0.3) is 0 Å². The van der Waals surface area contributed by atoms with Crippen LogP contribution in [0, 0.1) is 5.41 Å². The molecule has 0 bridgehead atoms. The summed E-state index contributed by atoms with van der Waals surface area (Å²) in [5, 5.41) is 8.80. The first-order valence-corrected chi connectivity index (χ1v) is 6.00. The second kappa shape index (κ2) is 4.04. The van der Waals surface area contributed by atoms with Gasteiger partial charge in [0.1, 0.15) is 0 Å². The van der Waals surface area contributed by atoms with Crippen molar-refractivity contribution in [3.63, 3.8) is 0 Å². The Morgan fingerprint density at radius 2 is 2.12 bits per heavy atom. The molecule has 1 saturated carbocycles. The van der Waals surface area contributed by atoms with E-state index in [9.17, 15) is 9.59 Å². The number of carbonyl (C=O) groups is 2. The molecular formula is C13H18O3. The molecule has 1 unspecified atom stereocenters. The van der Waals surface area contributed by atoms with Crippen molar-refractivity contribution in [1.82, 2.24) is 0 Å². The predicted octanol–water partition coefficient (Wildman–Crippen LogP) is 2.70. The van der Waals surface area contributed by atoms with Crippen LogP contribution in [-0.2, 0) is 9.59 Å². The molecule has 0 amide bonds. The van der Waals surface area contributed by atoms with Crippen molar-refractivity contribution < 1.29 is 14.7 Å². The minimum absolute atomic E-state index is 0.0520. The van der Waals surface area contributed by atoms with Crippen LogP contribution in [0.5, 0.6) is 0 Å². The Morgan fingerprint density at radius 1 is 1.38 bits per heavy atom. The highest BCUT2D eigenvalue weighted by Crippen LogP contribution is 2.53. The molecule has 3 heteroatoms. The zero-order valence-corrected chi connectivity index (χ0v) is 9.71. The fourth-order valence-corrected chi connectivity index (χ4v) is 3.34. The molecule has 0 saturated heterocycles. The quantitative estimate of drug-likeness (QED) is 0.798. The molecule has 2 aliphatic rings. The molecule has 0 heterocycles. The maximum atomic E-state index is 11.6. The highest BCUT2D eigenvalue weighted by molar-refractivity contribution is 5.96. The van der Waals surface area contributed by atoms with Gasteiger partial charge in [0.15, 0.2) is 5.78 Å². The van der Waals surface area contributed by atoms with Crippen LogP contribution < -0.4 is 0 Å². The fraction of sp³-hybridized carbons (Fsp3) is 0.692. The largest absolute Gasteiger partial charge is 0.481 e. The first-order chi connectivity index (χ1) is 7.55. The Kier molecular flexibility index (Phi) is 2.87. The van der Waals surface area contributed by atoms with E-state index in [4.69, 9.17) is 5.11 Å². The lowest BCUT2D eigenvalue weighted by Crippen LogP contribution is -2.27. The Hall–Kier alpha value is -1.12. The van der Waals surface area contributed by atoms with Gasteiger partial charge < -0.3 is 5.11 Å². The lowest BCUT2D eigenvalue weighted by Gasteiger charge is -2.35. The Bertz CT molecular complexity index is 367. The highest BCUT2D eigenvalue weighted by Gasteiger charge is 2.42. The van der Waals surface area contributed by atoms with Crippen LogP contribution in [-0.4, -0.2) is 16.9 Å². The summed E-state index contributed by atoms with van der Waals surface area (Å²) in [5.74, 6) is -0.460. The highest BCUT2D eigenvalue weighted by atomic mass is 16.4. The Labute approximate surface area is 95.5 Å². The van der Waals surface area contributed by atoms with Gasteiger partial charge in [0.2, 0.25) is 0 Å². The molecule has 0 aliphatic heterocycles. The van der Waals surface area contributed by atoms with Gasteiger partial charge in [-0.05, 0) is 50.0 Å². The number of hydrogen-bond donors (Lipinski definition) is 1. The number of aliphatic carboxylic acids is 1. The first kappa shape index (κ1) is 11.4. The van der Waals surface area contributed by atoms with Crippen molar-refractivity contribution in [2.24, 2.45) is 5.41 Å². The molecule has 0 aromatic carbocycles. The van der Waals surface area contributed by atoms with E-state index in [0.29, 0.717) is 12.8 Å². The monoisotopic (exact) mass is 222 g/mol. The molecule has 16 heavy (non-hydrogen) atoms. The van der Waals surface area contributed by atoms with Crippen molar-refractivity contribution in [2.45, 2.75) is 51.9 Å². The smallest absolute Gasteiger partial charge is 0.303 e. The lowest BCUT2D eigenvalue weighted by atomic mass is 9.69. The number of carbonyl (C=O) groups excluding carboxylic acids is 1. The molecule has 0 aromatic rings. The van der Waals surface area contributed by atoms with Crippen LogP contribution in [0.25, 0.3) is 0 Å². The van der Waals surface area contributed by atoms with Crippen molar-refractivity contribution in [1.29, 1.82) is 0 Å². The van der Waals surface area contributed by atoms with Gasteiger partial charge in [0, 0.05) is 12.8 Å². The predicted molar refractivity (Wildman–Crippen MR) is 60.1 cm³/mol. The summed E-state index contributed by atoms with van der Waals surface area (Å²) < 4.78 is 0. The summed E-state index contributed by atoms with van der Waals surface area (Å²) in [6.07, 6.45) is 5.59. The second-order valence-electron chi connectivity index (χ2n) is 5.05. The number of ketones is 1. The minimum Gasteiger partial charge on any atom is -0.481 e. The number of carboxylic acid groups (broad SMARTS) is 1. The average molecular weight is 222 g/mol. The molecule has 88 valence electrons. The molecule has 0 aromatic heterocycles. The molecule has 1 N–H and O–H groups in total. The lowest BCUT2D eigenvalue weighted by molar-refractivity contribution is -0.137. The van der Waals surface area contributed by atoms with E-state index in [2.05, 4.69) is 0 Å². The molecule has 2 rings (SSSR count). The van der Waals surface area contributed by atoms with E-state index in [1.54, 1.807) is 0 Å². The van der Waals surface area contributed by atoms with Gasteiger partial charge >= 0.3 is 5.97 Å². The van der Waals surface area contributed by atoms with Crippen molar-refractivity contribution >= 4 is 11.8 Å². The summed E-state index contributed by atoms with van der Waals surface area (Å²) in [4.78, 5) is 22.3. The van der Waals surface area contributed by atoms with Gasteiger partial charge in [0.05, 0.1) is 0 Å². The number of rotatable bonds is 3. The van der Waals surface area contributed by atoms with Gasteiger partial charge in [-0.3, -0.25) is 9.59 Å². The van der Waals surface area contributed by atoms with Gasteiger partial charge in [-0.25, -0.2) is 0 Å². The molecular weight excluding hydrogens is 204 g/mol. The van der Waals surface area contributed by atoms with Crippen LogP contribution in [0.15, 0.2) is 11.1 Å². The third-order valence-corrected chi connectivity index (χ3v) is 4.24. The van der Waals surface area contributed by atoms with Crippen molar-refractivity contribution in [3.8, 4) is 0 Å². The van der Waals surface area contributed by atoms with Crippen LogP contribution in [0.1, 0.15) is 51.9 Å². The summed E-state index contributed by atoms with van der Waals surface area (Å²) in [6.45, 7) is 1.91. The number of allylic oxidation sites excluding steroid dienone is 2. The maximum absolute atomic E-state index is 11.6. The van der Waals surface area contributed by atoms with Crippen molar-refractivity contribution in [3.05, 3.63) is 11.1 Å². The summed E-state index contributed by atoms with van der Waals surface area (Å²) in [5.41, 5.74) is 2.25. The van der Waals surface area contributed by atoms with Crippen LogP contribution >= 0.6 is 0 Å². The van der Waals surface area contributed by atoms with E-state index in [0.717, 1.165) is 31.3 Å². The van der Waals surface area contributed by atoms with Gasteiger partial charge in [-0.2, -0.15) is 0 Å². The molecule has 2 aliphatic carbocycles. The minimum atomic E-state index is -0.727. The fourth-order valence-electron chi connectivity index (χ4n) is 3.34. The average Bonchev–Trinajstić information content (AvgIpc) is 2.66. The zero-order valence-electron chi connectivity index (χ0n) is 9.71. The molecule has 3 nitrogen and oxygen atoms in total. The Balaban J connectivity index is 2.25. The van der Waals surface area contributed by atoms with Crippen LogP contribution in [0.2, 0.25) is 0 Å². The number of Topliss-reactive ketones (excluding diaryl/α,β-unsaturated/α-hetero) is 1. The Morgan fingerprint density at radius 3 is 2.81 bits per heavy atom. The summed E-state index contributed by atoms with van der Waals surface area (Å²) in [6, 6.07) is 0. The molecule has 1 atom stereocenters. The van der Waals surface area contributed by atoms with Gasteiger partial charge in [-0.15, -0.1) is 0 Å².